The van der Waals surface area contributed by atoms with Crippen LogP contribution < -0.4 is 27.5 Å². The number of nitrogens with one attached hydrogen (secondary N) is 4. The first-order valence-corrected chi connectivity index (χ1v) is 9.88. The Morgan fingerprint density at radius 3 is 1.78 bits per heavy atom. The van der Waals surface area contributed by atoms with E-state index in [1.165, 1.54) is 13.8 Å². The zero-order valence-corrected chi connectivity index (χ0v) is 23.9. The number of aliphatic hydroxyl groups is 1. The fourth-order valence-electron chi connectivity index (χ4n) is 2.53. The Labute approximate surface area is 233 Å². The molecule has 2 rings (SSSR count). The molecule has 14 nitrogen and oxygen atoms in total. The normalized spacial score (nSPS) is 8.78. The summed E-state index contributed by atoms with van der Waals surface area (Å²) in [6, 6.07) is -0.445. The van der Waals surface area contributed by atoms with Crippen LogP contribution in [0.4, 0.5) is 16.7 Å². The van der Waals surface area contributed by atoms with Crippen LogP contribution in [0.5, 0.6) is 0 Å². The van der Waals surface area contributed by atoms with Crippen LogP contribution in [0.15, 0.2) is 9.59 Å². The zero-order valence-electron chi connectivity index (χ0n) is 21.1. The fourth-order valence-corrected chi connectivity index (χ4v) is 2.53. The van der Waals surface area contributed by atoms with E-state index in [-0.39, 0.29) is 82.0 Å². The predicted molar refractivity (Wildman–Crippen MR) is 129 cm³/mol. The number of hydrogen-bond donors (Lipinski definition) is 6. The van der Waals surface area contributed by atoms with Crippen molar-refractivity contribution >= 4 is 29.5 Å². The third kappa shape index (κ3) is 14.1. The molecule has 0 aliphatic heterocycles. The number of aryl methyl sites for hydroxylation is 2. The molecule has 7 N–H and O–H groups in total. The maximum atomic E-state index is 11.7. The number of nitrogen functional groups attached to an aromatic ring is 1. The maximum absolute atomic E-state index is 11.7. The average Bonchev–Trinajstić information content (AvgIpc) is 2.68. The summed E-state index contributed by atoms with van der Waals surface area (Å²) in [5.74, 6) is -0.0411. The smallest absolute Gasteiger partial charge is 0.321 e. The number of carbonyl (C=O) groups is 3. The standard InChI is InChI=1S/C11H16N4O3.C8H11N3O2.CHNO.CH3.Y/c1-4-12-11(18)15-10-13-7(3)8(5-6(2)16)9(17)14-10;1-4(12)3-6-5(2)10-8(9)11-7(6)13;2-1-3;;/h4-5H2,1-3H3,(H3,12,13,14,15,17,18);3H2,1-2H3,(H3,9,10,11,13);3H;1H3;/q;;;-1;. The number of nitrogens with two attached hydrogens (primary N) is 1. The van der Waals surface area contributed by atoms with E-state index < -0.39 is 11.6 Å². The molecule has 1 radical (unpaired) electrons. The molecule has 36 heavy (non-hydrogen) atoms. The number of rotatable bonds is 6. The number of nitriles is 1. The van der Waals surface area contributed by atoms with Crippen LogP contribution in [0, 0.1) is 32.8 Å². The van der Waals surface area contributed by atoms with E-state index >= 15 is 0 Å². The van der Waals surface area contributed by atoms with Gasteiger partial charge in [0.05, 0.1) is 11.4 Å². The van der Waals surface area contributed by atoms with Crippen LogP contribution in [-0.4, -0.2) is 49.2 Å². The van der Waals surface area contributed by atoms with Gasteiger partial charge in [-0.1, -0.05) is 0 Å². The molecule has 2 aromatic heterocycles. The van der Waals surface area contributed by atoms with Crippen molar-refractivity contribution in [3.05, 3.63) is 50.6 Å². The Morgan fingerprint density at radius 2 is 1.42 bits per heavy atom. The quantitative estimate of drug-likeness (QED) is 0.203. The molecule has 0 saturated carbocycles. The number of urea groups is 1. The molecule has 0 spiro atoms. The Bertz CT molecular complexity index is 1190. The van der Waals surface area contributed by atoms with Crippen LogP contribution in [0.1, 0.15) is 43.3 Å². The summed E-state index contributed by atoms with van der Waals surface area (Å²) < 4.78 is 0. The van der Waals surface area contributed by atoms with Crippen LogP contribution in [-0.2, 0) is 55.1 Å². The number of carbonyl (C=O) groups excluding carboxylic acids is 3. The summed E-state index contributed by atoms with van der Waals surface area (Å²) in [5.41, 5.74) is 6.22. The van der Waals surface area contributed by atoms with E-state index in [4.69, 9.17) is 16.1 Å². The van der Waals surface area contributed by atoms with Crippen LogP contribution in [0.25, 0.3) is 0 Å². The van der Waals surface area contributed by atoms with Crippen molar-refractivity contribution in [2.75, 3.05) is 17.6 Å². The summed E-state index contributed by atoms with van der Waals surface area (Å²) in [6.45, 7) is 8.35. The second-order valence-electron chi connectivity index (χ2n) is 6.84. The van der Waals surface area contributed by atoms with Crippen molar-refractivity contribution in [3.63, 3.8) is 0 Å². The summed E-state index contributed by atoms with van der Waals surface area (Å²) >= 11 is 0. The number of aromatic amines is 2. The minimum atomic E-state index is -0.445. The molecule has 0 bridgehead atoms. The van der Waals surface area contributed by atoms with Gasteiger partial charge in [0.15, 0.2) is 0 Å². The molecule has 0 aromatic carbocycles. The number of aromatic nitrogens is 4. The van der Waals surface area contributed by atoms with E-state index in [0.29, 0.717) is 29.1 Å². The van der Waals surface area contributed by atoms with Crippen molar-refractivity contribution in [1.82, 2.24) is 25.3 Å². The second kappa shape index (κ2) is 18.8. The maximum Gasteiger partial charge on any atom is 0.321 e. The Kier molecular flexibility index (Phi) is 19.4. The van der Waals surface area contributed by atoms with E-state index in [2.05, 4.69) is 30.6 Å². The number of anilines is 2. The molecular formula is C21H31N8O6Y-. The van der Waals surface area contributed by atoms with Gasteiger partial charge in [-0.25, -0.2) is 14.8 Å². The molecule has 0 saturated heterocycles. The molecule has 0 aliphatic carbocycles. The van der Waals surface area contributed by atoms with Crippen molar-refractivity contribution in [1.29, 1.82) is 5.26 Å². The summed E-state index contributed by atoms with van der Waals surface area (Å²) in [5, 5.41) is 18.7. The van der Waals surface area contributed by atoms with E-state index in [1.807, 2.05) is 0 Å². The zero-order chi connectivity index (χ0) is 26.4. The van der Waals surface area contributed by atoms with Crippen LogP contribution in [0.3, 0.4) is 0 Å². The predicted octanol–water partition coefficient (Wildman–Crippen LogP) is 0.431. The van der Waals surface area contributed by atoms with E-state index in [1.54, 1.807) is 20.8 Å². The van der Waals surface area contributed by atoms with E-state index in [9.17, 15) is 24.0 Å². The van der Waals surface area contributed by atoms with Gasteiger partial charge in [-0.15, -0.1) is 0 Å². The number of hydrogen-bond acceptors (Lipinski definition) is 10. The SMILES string of the molecule is CC(=O)Cc1c(C)nc(N)[nH]c1=O.CCNC(=O)Nc1nc(C)c(CC(C)=O)c(=O)[nH]1.N#CO.[CH3-].[Y]. The van der Waals surface area contributed by atoms with Gasteiger partial charge in [-0.05, 0) is 34.6 Å². The molecule has 0 unspecified atom stereocenters. The molecule has 2 heterocycles. The molecule has 0 atom stereocenters. The van der Waals surface area contributed by atoms with E-state index in [0.717, 1.165) is 6.26 Å². The Morgan fingerprint density at radius 1 is 1.00 bits per heavy atom. The van der Waals surface area contributed by atoms with Gasteiger partial charge < -0.3 is 23.6 Å². The molecular weight excluding hydrogens is 549 g/mol. The average molecular weight is 580 g/mol. The number of ketones is 2. The number of H-pyrrole nitrogens is 2. The monoisotopic (exact) mass is 580 g/mol. The molecule has 0 fully saturated rings. The minimum absolute atomic E-state index is 0. The Hall–Kier alpha value is -3.44. The first kappa shape index (κ1) is 37.1. The molecule has 2 aromatic rings. The van der Waals surface area contributed by atoms with Crippen molar-refractivity contribution in [2.24, 2.45) is 0 Å². The fraction of sp³-hybridized carbons (Fsp3) is 0.381. The first-order valence-electron chi connectivity index (χ1n) is 9.88. The van der Waals surface area contributed by atoms with Gasteiger partial charge in [0.2, 0.25) is 11.9 Å². The molecule has 195 valence electrons. The molecule has 0 aliphatic rings. The van der Waals surface area contributed by atoms with Gasteiger partial charge in [0.1, 0.15) is 11.6 Å². The Balaban J connectivity index is -0.000000537. The third-order valence-electron chi connectivity index (χ3n) is 3.88. The van der Waals surface area contributed by atoms with Gasteiger partial charge in [0.25, 0.3) is 17.4 Å². The van der Waals surface area contributed by atoms with Gasteiger partial charge in [-0.2, -0.15) is 5.26 Å². The third-order valence-corrected chi connectivity index (χ3v) is 3.88. The molecule has 15 heteroatoms. The molecule has 2 amide bonds. The van der Waals surface area contributed by atoms with Crippen LogP contribution in [0.2, 0.25) is 0 Å². The van der Waals surface area contributed by atoms with Crippen LogP contribution >= 0.6 is 0 Å². The number of Topliss-reactive ketones (excluding diaryl/α,β-unsaturated/α-hetero) is 2. The van der Waals surface area contributed by atoms with Gasteiger partial charge in [-0.3, -0.25) is 34.5 Å². The van der Waals surface area contributed by atoms with Crippen molar-refractivity contribution < 1.29 is 52.2 Å². The number of nitrogens with zero attached hydrogens (tertiary/aromatic N) is 3. The summed E-state index contributed by atoms with van der Waals surface area (Å²) in [6.07, 6.45) is 0.893. The summed E-state index contributed by atoms with van der Waals surface area (Å²) in [4.78, 5) is 68.7. The second-order valence-corrected chi connectivity index (χ2v) is 6.84. The first-order chi connectivity index (χ1) is 15.9. The van der Waals surface area contributed by atoms with Crippen molar-refractivity contribution in [2.45, 2.75) is 47.5 Å². The largest absolute Gasteiger partial charge is 0.443 e. The topological polar surface area (TPSA) is 237 Å². The van der Waals surface area contributed by atoms with Gasteiger partial charge in [0, 0.05) is 63.2 Å². The summed E-state index contributed by atoms with van der Waals surface area (Å²) in [7, 11) is 0. The minimum Gasteiger partial charge on any atom is -0.443 e. The van der Waals surface area contributed by atoms with Crippen molar-refractivity contribution in [3.8, 4) is 6.26 Å². The number of amides is 2. The number of aliphatic hydroxyl groups excluding tert-OH is 1. The van der Waals surface area contributed by atoms with Gasteiger partial charge >= 0.3 is 6.03 Å².